The van der Waals surface area contributed by atoms with Crippen LogP contribution in [0.4, 0.5) is 4.39 Å². The zero-order valence-electron chi connectivity index (χ0n) is 11.9. The second-order valence-electron chi connectivity index (χ2n) is 5.12. The zero-order valence-corrected chi connectivity index (χ0v) is 11.9. The number of halogens is 1. The number of hydrogen-bond donors (Lipinski definition) is 1. The third-order valence-electron chi connectivity index (χ3n) is 3.60. The summed E-state index contributed by atoms with van der Waals surface area (Å²) in [5.41, 5.74) is 0.316. The number of hydrogen-bond acceptors (Lipinski definition) is 3. The third-order valence-corrected chi connectivity index (χ3v) is 3.60. The highest BCUT2D eigenvalue weighted by Crippen LogP contribution is 2.27. The lowest BCUT2D eigenvalue weighted by Crippen LogP contribution is -2.07. The number of aromatic nitrogens is 2. The van der Waals surface area contributed by atoms with E-state index >= 15 is 0 Å². The van der Waals surface area contributed by atoms with E-state index in [4.69, 9.17) is 4.74 Å². The maximum Gasteiger partial charge on any atom is 0.257 e. The summed E-state index contributed by atoms with van der Waals surface area (Å²) < 4.78 is 18.9. The second-order valence-corrected chi connectivity index (χ2v) is 5.12. The van der Waals surface area contributed by atoms with Crippen LogP contribution in [0.3, 0.4) is 0 Å². The summed E-state index contributed by atoms with van der Waals surface area (Å²) in [6.45, 7) is 0. The molecular formula is C18H11FN2O2. The Morgan fingerprint density at radius 1 is 0.913 bits per heavy atom. The van der Waals surface area contributed by atoms with Crippen molar-refractivity contribution >= 4 is 21.8 Å². The van der Waals surface area contributed by atoms with Gasteiger partial charge in [0.2, 0.25) is 0 Å². The van der Waals surface area contributed by atoms with Crippen LogP contribution in [0.1, 0.15) is 0 Å². The van der Waals surface area contributed by atoms with Crippen LogP contribution in [-0.4, -0.2) is 9.97 Å². The molecule has 2 heterocycles. The molecule has 0 aliphatic carbocycles. The molecule has 4 nitrogen and oxygen atoms in total. The standard InChI is InChI=1S/C18H11FN2O2/c19-11-3-1-4-12(9-11)23-13-6-7-15-16(10-13)14-5-2-8-20-17(14)21-18(15)22/h1-10H,(H,20,21,22). The Hall–Kier alpha value is -3.21. The smallest absolute Gasteiger partial charge is 0.257 e. The molecule has 0 aliphatic rings. The van der Waals surface area contributed by atoms with Crippen LogP contribution >= 0.6 is 0 Å². The molecule has 4 aromatic rings. The van der Waals surface area contributed by atoms with Gasteiger partial charge in [-0.3, -0.25) is 4.79 Å². The van der Waals surface area contributed by atoms with Gasteiger partial charge < -0.3 is 9.72 Å². The number of aromatic amines is 1. The van der Waals surface area contributed by atoms with E-state index in [2.05, 4.69) is 9.97 Å². The molecule has 0 amide bonds. The first-order valence-electron chi connectivity index (χ1n) is 7.05. The van der Waals surface area contributed by atoms with Crippen molar-refractivity contribution in [2.45, 2.75) is 0 Å². The van der Waals surface area contributed by atoms with E-state index in [0.29, 0.717) is 22.5 Å². The van der Waals surface area contributed by atoms with Gasteiger partial charge in [-0.25, -0.2) is 9.37 Å². The highest BCUT2D eigenvalue weighted by Gasteiger charge is 2.08. The number of nitrogens with zero attached hydrogens (tertiary/aromatic N) is 1. The number of rotatable bonds is 2. The van der Waals surface area contributed by atoms with Crippen LogP contribution in [0.5, 0.6) is 11.5 Å². The van der Waals surface area contributed by atoms with Crippen molar-refractivity contribution in [1.29, 1.82) is 0 Å². The summed E-state index contributed by atoms with van der Waals surface area (Å²) in [5.74, 6) is 0.560. The minimum Gasteiger partial charge on any atom is -0.457 e. The summed E-state index contributed by atoms with van der Waals surface area (Å²) >= 11 is 0. The Bertz CT molecular complexity index is 1090. The average molecular weight is 306 g/mol. The van der Waals surface area contributed by atoms with Gasteiger partial charge in [-0.15, -0.1) is 0 Å². The molecule has 0 bridgehead atoms. The number of benzene rings is 2. The number of ether oxygens (including phenoxy) is 1. The fourth-order valence-electron chi connectivity index (χ4n) is 2.57. The molecule has 0 unspecified atom stereocenters. The van der Waals surface area contributed by atoms with Gasteiger partial charge in [0.05, 0.1) is 0 Å². The SMILES string of the molecule is O=c1[nH]c2ncccc2c2cc(Oc3cccc(F)c3)ccc12. The highest BCUT2D eigenvalue weighted by atomic mass is 19.1. The Morgan fingerprint density at radius 3 is 2.65 bits per heavy atom. The first-order valence-corrected chi connectivity index (χ1v) is 7.05. The van der Waals surface area contributed by atoms with E-state index < -0.39 is 0 Å². The van der Waals surface area contributed by atoms with Gasteiger partial charge in [0, 0.05) is 28.4 Å². The van der Waals surface area contributed by atoms with Crippen LogP contribution in [0, 0.1) is 5.82 Å². The molecule has 0 atom stereocenters. The van der Waals surface area contributed by atoms with Gasteiger partial charge in [0.15, 0.2) is 0 Å². The minimum absolute atomic E-state index is 0.205. The molecule has 0 saturated carbocycles. The molecule has 112 valence electrons. The summed E-state index contributed by atoms with van der Waals surface area (Å²) in [7, 11) is 0. The Kier molecular flexibility index (Phi) is 3.05. The van der Waals surface area contributed by atoms with Gasteiger partial charge in [0.25, 0.3) is 5.56 Å². The summed E-state index contributed by atoms with van der Waals surface area (Å²) in [6, 6.07) is 14.7. The first-order chi connectivity index (χ1) is 11.2. The van der Waals surface area contributed by atoms with Crippen molar-refractivity contribution in [3.05, 3.63) is 77.0 Å². The van der Waals surface area contributed by atoms with Gasteiger partial charge in [-0.05, 0) is 42.5 Å². The zero-order chi connectivity index (χ0) is 15.8. The van der Waals surface area contributed by atoms with Crippen molar-refractivity contribution in [2.24, 2.45) is 0 Å². The van der Waals surface area contributed by atoms with Gasteiger partial charge in [0.1, 0.15) is 23.0 Å². The molecule has 0 aliphatic heterocycles. The molecule has 1 N–H and O–H groups in total. The summed E-state index contributed by atoms with van der Waals surface area (Å²) in [6.07, 6.45) is 1.62. The van der Waals surface area contributed by atoms with Crippen molar-refractivity contribution in [2.75, 3.05) is 0 Å². The third kappa shape index (κ3) is 2.42. The Morgan fingerprint density at radius 2 is 1.78 bits per heavy atom. The number of fused-ring (bicyclic) bond motifs is 3. The number of H-pyrrole nitrogens is 1. The van der Waals surface area contributed by atoms with E-state index in [0.717, 1.165) is 10.8 Å². The Labute approximate surface area is 130 Å². The number of nitrogens with one attached hydrogen (secondary N) is 1. The normalized spacial score (nSPS) is 11.0. The minimum atomic E-state index is -0.366. The molecule has 4 rings (SSSR count). The summed E-state index contributed by atoms with van der Waals surface area (Å²) in [4.78, 5) is 19.0. The molecule has 5 heteroatoms. The lowest BCUT2D eigenvalue weighted by atomic mass is 10.1. The molecule has 0 fully saturated rings. The molecular weight excluding hydrogens is 295 g/mol. The van der Waals surface area contributed by atoms with Crippen LogP contribution in [0.15, 0.2) is 65.6 Å². The maximum absolute atomic E-state index is 13.3. The molecule has 2 aromatic carbocycles. The van der Waals surface area contributed by atoms with E-state index in [-0.39, 0.29) is 11.4 Å². The molecule has 2 aromatic heterocycles. The second kappa shape index (κ2) is 5.21. The van der Waals surface area contributed by atoms with Crippen molar-refractivity contribution < 1.29 is 9.13 Å². The van der Waals surface area contributed by atoms with E-state index in [1.807, 2.05) is 6.07 Å². The largest absolute Gasteiger partial charge is 0.457 e. The number of pyridine rings is 2. The van der Waals surface area contributed by atoms with E-state index in [1.165, 1.54) is 12.1 Å². The van der Waals surface area contributed by atoms with Gasteiger partial charge >= 0.3 is 0 Å². The summed E-state index contributed by atoms with van der Waals surface area (Å²) in [5, 5.41) is 2.12. The maximum atomic E-state index is 13.3. The van der Waals surface area contributed by atoms with Gasteiger partial charge in [-0.2, -0.15) is 0 Å². The van der Waals surface area contributed by atoms with Crippen LogP contribution < -0.4 is 10.3 Å². The first kappa shape index (κ1) is 13.5. The predicted octanol–water partition coefficient (Wildman–Crippen LogP) is 4.01. The Balaban J connectivity index is 1.90. The van der Waals surface area contributed by atoms with Crippen LogP contribution in [-0.2, 0) is 0 Å². The van der Waals surface area contributed by atoms with Crippen molar-refractivity contribution in [3.8, 4) is 11.5 Å². The quantitative estimate of drug-likeness (QED) is 0.569. The van der Waals surface area contributed by atoms with Crippen molar-refractivity contribution in [1.82, 2.24) is 9.97 Å². The van der Waals surface area contributed by atoms with E-state index in [9.17, 15) is 9.18 Å². The van der Waals surface area contributed by atoms with Crippen molar-refractivity contribution in [3.63, 3.8) is 0 Å². The van der Waals surface area contributed by atoms with Crippen LogP contribution in [0.25, 0.3) is 21.8 Å². The highest BCUT2D eigenvalue weighted by molar-refractivity contribution is 6.04. The monoisotopic (exact) mass is 306 g/mol. The molecule has 0 saturated heterocycles. The predicted molar refractivity (Wildman–Crippen MR) is 86.3 cm³/mol. The topological polar surface area (TPSA) is 55.0 Å². The lowest BCUT2D eigenvalue weighted by Gasteiger charge is -2.08. The van der Waals surface area contributed by atoms with E-state index in [1.54, 1.807) is 42.6 Å². The van der Waals surface area contributed by atoms with Crippen LogP contribution in [0.2, 0.25) is 0 Å². The lowest BCUT2D eigenvalue weighted by molar-refractivity contribution is 0.477. The molecule has 0 spiro atoms. The fraction of sp³-hybridized carbons (Fsp3) is 0. The fourth-order valence-corrected chi connectivity index (χ4v) is 2.57. The van der Waals surface area contributed by atoms with Gasteiger partial charge in [-0.1, -0.05) is 6.07 Å². The molecule has 23 heavy (non-hydrogen) atoms. The average Bonchev–Trinajstić information content (AvgIpc) is 2.55. The molecule has 0 radical (unpaired) electrons.